The Morgan fingerprint density at radius 3 is 2.30 bits per heavy atom. The van der Waals surface area contributed by atoms with Gasteiger partial charge < -0.3 is 15.5 Å². The monoisotopic (exact) mass is 622 g/mol. The standard InChI is InChI=1S/C32H42N6O5S/c1-24(2)22-28(39)34-17-21-37-30(31(40)35-19-15-33-16-20-35)29(25-10-5-3-6-11-25)38(32(37)41)26-12-9-18-36(23-26)44(42,43)27-13-7-4-8-14-27/h3-8,10-11,13-14,24,26,33H,9,12,15-23H2,1-2H3,(H,34,39). The first-order chi connectivity index (χ1) is 21.2. The molecule has 0 radical (unpaired) electrons. The zero-order valence-electron chi connectivity index (χ0n) is 25.4. The van der Waals surface area contributed by atoms with Crippen molar-refractivity contribution in [2.24, 2.45) is 5.92 Å². The van der Waals surface area contributed by atoms with Crippen molar-refractivity contribution >= 4 is 21.8 Å². The topological polar surface area (TPSA) is 126 Å². The van der Waals surface area contributed by atoms with Crippen LogP contribution >= 0.6 is 0 Å². The summed E-state index contributed by atoms with van der Waals surface area (Å²) < 4.78 is 31.8. The number of nitrogens with one attached hydrogen (secondary N) is 2. The minimum Gasteiger partial charge on any atom is -0.354 e. The van der Waals surface area contributed by atoms with Crippen LogP contribution in [0.3, 0.4) is 0 Å². The van der Waals surface area contributed by atoms with Crippen molar-refractivity contribution in [1.82, 2.24) is 29.0 Å². The molecule has 2 fully saturated rings. The highest BCUT2D eigenvalue weighted by Gasteiger charge is 2.36. The minimum atomic E-state index is -3.78. The van der Waals surface area contributed by atoms with Crippen molar-refractivity contribution < 1.29 is 18.0 Å². The molecule has 0 saturated carbocycles. The van der Waals surface area contributed by atoms with E-state index < -0.39 is 16.1 Å². The normalized spacial score (nSPS) is 18.0. The van der Waals surface area contributed by atoms with Crippen LogP contribution in [-0.2, 0) is 21.4 Å². The summed E-state index contributed by atoms with van der Waals surface area (Å²) in [5, 5.41) is 6.17. The SMILES string of the molecule is CC(C)CC(=O)NCCn1c(C(=O)N2CCNCC2)c(-c2ccccc2)n(C2CCCN(S(=O)(=O)c3ccccc3)C2)c1=O. The molecule has 44 heavy (non-hydrogen) atoms. The van der Waals surface area contributed by atoms with Gasteiger partial charge in [-0.3, -0.25) is 18.7 Å². The molecule has 3 aromatic rings. The number of aromatic nitrogens is 2. The molecule has 0 aliphatic carbocycles. The van der Waals surface area contributed by atoms with Gasteiger partial charge in [-0.25, -0.2) is 13.2 Å². The molecule has 236 valence electrons. The molecule has 1 aromatic heterocycles. The van der Waals surface area contributed by atoms with E-state index in [-0.39, 0.29) is 53.6 Å². The Morgan fingerprint density at radius 1 is 0.977 bits per heavy atom. The molecule has 2 N–H and O–H groups in total. The molecular weight excluding hydrogens is 580 g/mol. The Balaban J connectivity index is 1.59. The summed E-state index contributed by atoms with van der Waals surface area (Å²) >= 11 is 0. The van der Waals surface area contributed by atoms with Crippen LogP contribution in [0.15, 0.2) is 70.4 Å². The number of hydrogen-bond acceptors (Lipinski definition) is 6. The number of piperidine rings is 1. The summed E-state index contributed by atoms with van der Waals surface area (Å²) in [5.41, 5.74) is 1.07. The van der Waals surface area contributed by atoms with E-state index in [1.54, 1.807) is 39.8 Å². The number of carbonyl (C=O) groups excluding carboxylic acids is 2. The second kappa shape index (κ2) is 13.9. The van der Waals surface area contributed by atoms with Gasteiger partial charge in [-0.05, 0) is 30.9 Å². The molecule has 1 atom stereocenters. The van der Waals surface area contributed by atoms with E-state index in [1.165, 1.54) is 8.87 Å². The van der Waals surface area contributed by atoms with Gasteiger partial charge in [-0.15, -0.1) is 0 Å². The Labute approximate surface area is 258 Å². The third-order valence-electron chi connectivity index (χ3n) is 8.18. The highest BCUT2D eigenvalue weighted by molar-refractivity contribution is 7.89. The number of carbonyl (C=O) groups is 2. The van der Waals surface area contributed by atoms with E-state index in [0.29, 0.717) is 63.2 Å². The van der Waals surface area contributed by atoms with Gasteiger partial charge in [-0.1, -0.05) is 62.4 Å². The van der Waals surface area contributed by atoms with Gasteiger partial charge >= 0.3 is 5.69 Å². The number of amides is 2. The molecule has 12 heteroatoms. The van der Waals surface area contributed by atoms with Crippen LogP contribution in [0.25, 0.3) is 11.3 Å². The first kappa shape index (κ1) is 31.7. The maximum Gasteiger partial charge on any atom is 0.329 e. The summed E-state index contributed by atoms with van der Waals surface area (Å²) in [6, 6.07) is 17.2. The zero-order chi connectivity index (χ0) is 31.3. The van der Waals surface area contributed by atoms with E-state index in [4.69, 9.17) is 0 Å². The first-order valence-electron chi connectivity index (χ1n) is 15.4. The van der Waals surface area contributed by atoms with Crippen molar-refractivity contribution in [1.29, 1.82) is 0 Å². The van der Waals surface area contributed by atoms with Crippen LogP contribution in [0.5, 0.6) is 0 Å². The van der Waals surface area contributed by atoms with Crippen LogP contribution in [0.4, 0.5) is 0 Å². The fourth-order valence-electron chi connectivity index (χ4n) is 6.06. The van der Waals surface area contributed by atoms with Crippen LogP contribution in [-0.4, -0.2) is 84.4 Å². The fraction of sp³-hybridized carbons (Fsp3) is 0.469. The number of sulfonamides is 1. The van der Waals surface area contributed by atoms with Gasteiger partial charge in [0.25, 0.3) is 5.91 Å². The van der Waals surface area contributed by atoms with Crippen LogP contribution in [0.2, 0.25) is 0 Å². The van der Waals surface area contributed by atoms with Gasteiger partial charge in [0.1, 0.15) is 5.69 Å². The van der Waals surface area contributed by atoms with E-state index in [0.717, 1.165) is 0 Å². The zero-order valence-corrected chi connectivity index (χ0v) is 26.3. The van der Waals surface area contributed by atoms with Crippen LogP contribution < -0.4 is 16.3 Å². The van der Waals surface area contributed by atoms with E-state index in [9.17, 15) is 22.8 Å². The molecule has 2 aromatic carbocycles. The molecule has 2 aliphatic heterocycles. The molecule has 0 spiro atoms. The molecule has 3 heterocycles. The average molecular weight is 623 g/mol. The van der Waals surface area contributed by atoms with Crippen molar-refractivity contribution in [3.05, 3.63) is 76.8 Å². The van der Waals surface area contributed by atoms with Crippen molar-refractivity contribution in [3.63, 3.8) is 0 Å². The van der Waals surface area contributed by atoms with E-state index in [2.05, 4.69) is 10.6 Å². The van der Waals surface area contributed by atoms with Gasteiger partial charge in [0.15, 0.2) is 0 Å². The highest BCUT2D eigenvalue weighted by Crippen LogP contribution is 2.32. The lowest BCUT2D eigenvalue weighted by molar-refractivity contribution is -0.121. The lowest BCUT2D eigenvalue weighted by Crippen LogP contribution is -2.47. The average Bonchev–Trinajstić information content (AvgIpc) is 3.33. The molecule has 1 unspecified atom stereocenters. The predicted molar refractivity (Wildman–Crippen MR) is 169 cm³/mol. The third kappa shape index (κ3) is 6.82. The number of benzene rings is 2. The third-order valence-corrected chi connectivity index (χ3v) is 10.1. The summed E-state index contributed by atoms with van der Waals surface area (Å²) in [7, 11) is -3.78. The molecule has 0 bridgehead atoms. The Bertz CT molecular complexity index is 1610. The first-order valence-corrected chi connectivity index (χ1v) is 16.8. The number of piperazine rings is 1. The maximum atomic E-state index is 14.4. The number of nitrogens with zero attached hydrogens (tertiary/aromatic N) is 4. The molecular formula is C32H42N6O5S. The summed E-state index contributed by atoms with van der Waals surface area (Å²) in [6.07, 6.45) is 1.51. The van der Waals surface area contributed by atoms with Crippen molar-refractivity contribution in [3.8, 4) is 11.3 Å². The summed E-state index contributed by atoms with van der Waals surface area (Å²) in [6.45, 7) is 6.99. The van der Waals surface area contributed by atoms with Crippen molar-refractivity contribution in [2.75, 3.05) is 45.8 Å². The second-order valence-corrected chi connectivity index (χ2v) is 13.8. The molecule has 5 rings (SSSR count). The molecule has 2 amide bonds. The maximum absolute atomic E-state index is 14.4. The molecule has 11 nitrogen and oxygen atoms in total. The Kier molecular flexibility index (Phi) is 10.0. The highest BCUT2D eigenvalue weighted by atomic mass is 32.2. The minimum absolute atomic E-state index is 0.105. The van der Waals surface area contributed by atoms with Gasteiger partial charge in [0.2, 0.25) is 15.9 Å². The second-order valence-electron chi connectivity index (χ2n) is 11.8. The summed E-state index contributed by atoms with van der Waals surface area (Å²) in [5.74, 6) is -0.172. The van der Waals surface area contributed by atoms with Gasteiger partial charge in [0.05, 0.1) is 16.6 Å². The quantitative estimate of drug-likeness (QED) is 0.358. The number of imidazole rings is 1. The molecule has 2 aliphatic rings. The summed E-state index contributed by atoms with van der Waals surface area (Å²) in [4.78, 5) is 43.1. The van der Waals surface area contributed by atoms with Crippen molar-refractivity contribution in [2.45, 2.75) is 50.6 Å². The van der Waals surface area contributed by atoms with E-state index >= 15 is 0 Å². The number of rotatable bonds is 10. The molecule has 2 saturated heterocycles. The van der Waals surface area contributed by atoms with Gasteiger partial charge in [0, 0.05) is 64.3 Å². The van der Waals surface area contributed by atoms with E-state index in [1.807, 2.05) is 44.2 Å². The lowest BCUT2D eigenvalue weighted by atomic mass is 10.0. The van der Waals surface area contributed by atoms with Gasteiger partial charge in [-0.2, -0.15) is 4.31 Å². The smallest absolute Gasteiger partial charge is 0.329 e. The Morgan fingerprint density at radius 2 is 1.64 bits per heavy atom. The number of hydrogen-bond donors (Lipinski definition) is 2. The lowest BCUT2D eigenvalue weighted by Gasteiger charge is -2.33. The van der Waals surface area contributed by atoms with Crippen LogP contribution in [0.1, 0.15) is 49.6 Å². The predicted octanol–water partition coefficient (Wildman–Crippen LogP) is 2.55. The largest absolute Gasteiger partial charge is 0.354 e. The fourth-order valence-corrected chi connectivity index (χ4v) is 7.59. The Hall–Kier alpha value is -3.74. The van der Waals surface area contributed by atoms with Crippen LogP contribution in [0, 0.1) is 5.92 Å².